The summed E-state index contributed by atoms with van der Waals surface area (Å²) in [6, 6.07) is 6.84. The molecule has 130 valence electrons. The Hall–Kier alpha value is -1.64. The van der Waals surface area contributed by atoms with Crippen molar-refractivity contribution in [3.63, 3.8) is 0 Å². The van der Waals surface area contributed by atoms with Gasteiger partial charge in [0.25, 0.3) is 0 Å². The summed E-state index contributed by atoms with van der Waals surface area (Å²) in [7, 11) is 0. The van der Waals surface area contributed by atoms with Crippen LogP contribution in [0.15, 0.2) is 29.4 Å². The zero-order valence-electron chi connectivity index (χ0n) is 14.1. The van der Waals surface area contributed by atoms with Crippen molar-refractivity contribution in [1.29, 1.82) is 0 Å². The largest absolute Gasteiger partial charge is 0.508 e. The van der Waals surface area contributed by atoms with E-state index in [9.17, 15) is 5.11 Å². The molecular formula is C16H24N5O2S+. The number of aromatic hydroxyl groups is 1. The predicted octanol–water partition coefficient (Wildman–Crippen LogP) is 0.400. The molecule has 1 aliphatic rings. The number of phenols is 1. The van der Waals surface area contributed by atoms with E-state index in [0.717, 1.165) is 36.3 Å². The van der Waals surface area contributed by atoms with Gasteiger partial charge in [0.2, 0.25) is 5.16 Å². The van der Waals surface area contributed by atoms with Gasteiger partial charge in [-0.15, -0.1) is 5.10 Å². The maximum absolute atomic E-state index is 9.40. The summed E-state index contributed by atoms with van der Waals surface area (Å²) in [4.78, 5) is 1.61. The van der Waals surface area contributed by atoms with Crippen molar-refractivity contribution in [2.75, 3.05) is 32.0 Å². The molecule has 0 aliphatic carbocycles. The molecule has 24 heavy (non-hydrogen) atoms. The van der Waals surface area contributed by atoms with Crippen LogP contribution in [0, 0.1) is 5.92 Å². The van der Waals surface area contributed by atoms with Crippen LogP contribution in [0.3, 0.4) is 0 Å². The molecule has 0 amide bonds. The van der Waals surface area contributed by atoms with E-state index in [1.807, 2.05) is 0 Å². The number of benzene rings is 1. The SMILES string of the molecule is CC(C)C[NH+]1CCO[C@@H](CSc2nnnn2-c2ccc(O)cc2)C1. The monoisotopic (exact) mass is 350 g/mol. The number of thioether (sulfide) groups is 1. The van der Waals surface area contributed by atoms with Crippen LogP contribution in [0.5, 0.6) is 5.75 Å². The Morgan fingerprint density at radius 2 is 2.17 bits per heavy atom. The Labute approximate surface area is 146 Å². The van der Waals surface area contributed by atoms with Crippen LogP contribution in [-0.4, -0.2) is 63.4 Å². The summed E-state index contributed by atoms with van der Waals surface area (Å²) in [5, 5.41) is 22.1. The third-order valence-corrected chi connectivity index (χ3v) is 5.01. The number of quaternary nitrogens is 1. The predicted molar refractivity (Wildman–Crippen MR) is 91.7 cm³/mol. The standard InChI is InChI=1S/C16H23N5O2S/c1-12(2)9-20-7-8-23-15(10-20)11-24-16-17-18-19-21(16)13-3-5-14(22)6-4-13/h3-6,12,15,22H,7-11H2,1-2H3/p+1/t15-/m1/s1. The van der Waals surface area contributed by atoms with Gasteiger partial charge in [-0.05, 0) is 34.7 Å². The van der Waals surface area contributed by atoms with Crippen molar-refractivity contribution in [1.82, 2.24) is 20.2 Å². The molecule has 0 spiro atoms. The second-order valence-corrected chi connectivity index (χ2v) is 7.48. The number of rotatable bonds is 6. The molecule has 0 bridgehead atoms. The van der Waals surface area contributed by atoms with Gasteiger partial charge in [-0.25, -0.2) is 0 Å². The average molecular weight is 350 g/mol. The minimum Gasteiger partial charge on any atom is -0.508 e. The van der Waals surface area contributed by atoms with Crippen LogP contribution in [0.4, 0.5) is 0 Å². The van der Waals surface area contributed by atoms with Gasteiger partial charge < -0.3 is 14.7 Å². The highest BCUT2D eigenvalue weighted by Gasteiger charge is 2.25. The second kappa shape index (κ2) is 7.96. The third-order valence-electron chi connectivity index (χ3n) is 3.96. The van der Waals surface area contributed by atoms with Gasteiger partial charge in [0, 0.05) is 11.7 Å². The fourth-order valence-electron chi connectivity index (χ4n) is 2.91. The Bertz CT molecular complexity index is 646. The van der Waals surface area contributed by atoms with E-state index in [2.05, 4.69) is 29.4 Å². The molecule has 2 aromatic rings. The lowest BCUT2D eigenvalue weighted by molar-refractivity contribution is -0.914. The lowest BCUT2D eigenvalue weighted by atomic mass is 10.2. The van der Waals surface area contributed by atoms with Crippen molar-refractivity contribution < 1.29 is 14.7 Å². The number of hydrogen-bond donors (Lipinski definition) is 2. The minimum atomic E-state index is 0.225. The molecule has 0 saturated carbocycles. The first-order chi connectivity index (χ1) is 11.6. The van der Waals surface area contributed by atoms with Crippen molar-refractivity contribution >= 4 is 11.8 Å². The molecule has 1 unspecified atom stereocenters. The normalized spacial score (nSPS) is 21.3. The number of phenolic OH excluding ortho intramolecular Hbond substituents is 1. The van der Waals surface area contributed by atoms with Gasteiger partial charge in [-0.2, -0.15) is 4.68 Å². The van der Waals surface area contributed by atoms with Crippen molar-refractivity contribution in [3.05, 3.63) is 24.3 Å². The molecule has 7 nitrogen and oxygen atoms in total. The number of hydrogen-bond acceptors (Lipinski definition) is 6. The van der Waals surface area contributed by atoms with Gasteiger partial charge in [0.15, 0.2) is 0 Å². The van der Waals surface area contributed by atoms with E-state index in [0.29, 0.717) is 5.92 Å². The third kappa shape index (κ3) is 4.46. The van der Waals surface area contributed by atoms with Crippen molar-refractivity contribution in [2.24, 2.45) is 5.92 Å². The number of nitrogens with one attached hydrogen (secondary N) is 1. The quantitative estimate of drug-likeness (QED) is 0.735. The lowest BCUT2D eigenvalue weighted by Gasteiger charge is -2.30. The molecule has 2 heterocycles. The lowest BCUT2D eigenvalue weighted by Crippen LogP contribution is -3.15. The van der Waals surface area contributed by atoms with E-state index in [1.165, 1.54) is 6.54 Å². The van der Waals surface area contributed by atoms with Crippen LogP contribution < -0.4 is 4.90 Å². The number of ether oxygens (including phenoxy) is 1. The number of morpholine rings is 1. The maximum atomic E-state index is 9.40. The van der Waals surface area contributed by atoms with Crippen LogP contribution >= 0.6 is 11.8 Å². The fraction of sp³-hybridized carbons (Fsp3) is 0.562. The molecule has 1 aliphatic heterocycles. The molecule has 0 radical (unpaired) electrons. The van der Waals surface area contributed by atoms with E-state index in [4.69, 9.17) is 4.74 Å². The molecule has 1 fully saturated rings. The van der Waals surface area contributed by atoms with E-state index < -0.39 is 0 Å². The smallest absolute Gasteiger partial charge is 0.214 e. The zero-order chi connectivity index (χ0) is 16.9. The molecule has 1 saturated heterocycles. The van der Waals surface area contributed by atoms with Crippen molar-refractivity contribution in [3.8, 4) is 11.4 Å². The molecule has 3 rings (SSSR count). The molecular weight excluding hydrogens is 326 g/mol. The highest BCUT2D eigenvalue weighted by Crippen LogP contribution is 2.21. The summed E-state index contributed by atoms with van der Waals surface area (Å²) in [5.74, 6) is 1.76. The van der Waals surface area contributed by atoms with E-state index >= 15 is 0 Å². The Kier molecular flexibility index (Phi) is 5.70. The first-order valence-electron chi connectivity index (χ1n) is 8.27. The first kappa shape index (κ1) is 17.2. The van der Waals surface area contributed by atoms with Crippen LogP contribution in [0.1, 0.15) is 13.8 Å². The van der Waals surface area contributed by atoms with Crippen LogP contribution in [0.2, 0.25) is 0 Å². The molecule has 2 atom stereocenters. The number of aromatic nitrogens is 4. The number of tetrazole rings is 1. The van der Waals surface area contributed by atoms with E-state index in [-0.39, 0.29) is 11.9 Å². The topological polar surface area (TPSA) is 77.5 Å². The fourth-order valence-corrected chi connectivity index (χ4v) is 3.82. The first-order valence-corrected chi connectivity index (χ1v) is 9.26. The maximum Gasteiger partial charge on any atom is 0.214 e. The van der Waals surface area contributed by atoms with Gasteiger partial charge in [0.05, 0.1) is 18.8 Å². The second-order valence-electron chi connectivity index (χ2n) is 6.50. The summed E-state index contributed by atoms with van der Waals surface area (Å²) in [6.45, 7) is 8.65. The average Bonchev–Trinajstić information content (AvgIpc) is 3.02. The van der Waals surface area contributed by atoms with Crippen LogP contribution in [0.25, 0.3) is 5.69 Å². The Morgan fingerprint density at radius 3 is 2.92 bits per heavy atom. The van der Waals surface area contributed by atoms with Gasteiger partial charge in [-0.1, -0.05) is 25.6 Å². The molecule has 2 N–H and O–H groups in total. The van der Waals surface area contributed by atoms with Gasteiger partial charge in [-0.3, -0.25) is 0 Å². The Balaban J connectivity index is 1.59. The van der Waals surface area contributed by atoms with Crippen LogP contribution in [-0.2, 0) is 4.74 Å². The summed E-state index contributed by atoms with van der Waals surface area (Å²) >= 11 is 1.61. The summed E-state index contributed by atoms with van der Waals surface area (Å²) < 4.78 is 7.58. The zero-order valence-corrected chi connectivity index (χ0v) is 14.9. The van der Waals surface area contributed by atoms with E-state index in [1.54, 1.807) is 45.6 Å². The van der Waals surface area contributed by atoms with Gasteiger partial charge in [0.1, 0.15) is 24.9 Å². The summed E-state index contributed by atoms with van der Waals surface area (Å²) in [6.07, 6.45) is 0.225. The minimum absolute atomic E-state index is 0.225. The molecule has 1 aromatic carbocycles. The highest BCUT2D eigenvalue weighted by molar-refractivity contribution is 7.99. The molecule has 1 aromatic heterocycles. The highest BCUT2D eigenvalue weighted by atomic mass is 32.2. The van der Waals surface area contributed by atoms with Gasteiger partial charge >= 0.3 is 0 Å². The summed E-state index contributed by atoms with van der Waals surface area (Å²) in [5.41, 5.74) is 0.830. The number of nitrogens with zero attached hydrogens (tertiary/aromatic N) is 4. The molecule has 8 heteroatoms. The Morgan fingerprint density at radius 1 is 1.38 bits per heavy atom. The van der Waals surface area contributed by atoms with Crippen molar-refractivity contribution in [2.45, 2.75) is 25.1 Å².